The van der Waals surface area contributed by atoms with Crippen LogP contribution in [0.15, 0.2) is 53.4 Å². The highest BCUT2D eigenvalue weighted by Crippen LogP contribution is 2.18. The predicted molar refractivity (Wildman–Crippen MR) is 132 cm³/mol. The Morgan fingerprint density at radius 1 is 1.00 bits per heavy atom. The molecule has 9 heteroatoms. The Morgan fingerprint density at radius 3 is 2.18 bits per heavy atom. The molecule has 0 unspecified atom stereocenters. The lowest BCUT2D eigenvalue weighted by Crippen LogP contribution is -2.44. The van der Waals surface area contributed by atoms with Gasteiger partial charge in [0.05, 0.1) is 10.9 Å². The molecule has 1 heterocycles. The third-order valence-electron chi connectivity index (χ3n) is 5.98. The van der Waals surface area contributed by atoms with Gasteiger partial charge in [-0.1, -0.05) is 31.2 Å². The maximum atomic E-state index is 12.6. The highest BCUT2D eigenvalue weighted by atomic mass is 32.2. The summed E-state index contributed by atoms with van der Waals surface area (Å²) in [7, 11) is -3.88. The standard InChI is InChI=1S/C25H34N4O4S/c1-18-12-14-29(15-13-18)17-22-6-4-21(5-7-22)16-26-25(31)19(2)28-34(32,33)24-10-8-23(9-11-24)27-20(3)30/h4-11,18-19,28H,12-17H2,1-3H3,(H,26,31)(H,27,30)/t19-/m0/s1. The normalized spacial score (nSPS) is 16.1. The molecule has 1 saturated heterocycles. The molecule has 1 fully saturated rings. The largest absolute Gasteiger partial charge is 0.351 e. The van der Waals surface area contributed by atoms with Crippen molar-refractivity contribution < 1.29 is 18.0 Å². The van der Waals surface area contributed by atoms with Gasteiger partial charge in [-0.05, 0) is 74.2 Å². The van der Waals surface area contributed by atoms with Gasteiger partial charge in [-0.15, -0.1) is 0 Å². The first kappa shape index (κ1) is 25.9. The summed E-state index contributed by atoms with van der Waals surface area (Å²) in [5.41, 5.74) is 2.69. The van der Waals surface area contributed by atoms with Crippen molar-refractivity contribution in [2.45, 2.75) is 57.6 Å². The van der Waals surface area contributed by atoms with Gasteiger partial charge >= 0.3 is 0 Å². The number of piperidine rings is 1. The number of hydrogen-bond donors (Lipinski definition) is 3. The number of rotatable bonds is 9. The van der Waals surface area contributed by atoms with E-state index in [-0.39, 0.29) is 10.8 Å². The van der Waals surface area contributed by atoms with Crippen LogP contribution < -0.4 is 15.4 Å². The maximum absolute atomic E-state index is 12.6. The first-order valence-electron chi connectivity index (χ1n) is 11.6. The average Bonchev–Trinajstić information content (AvgIpc) is 2.79. The molecule has 3 rings (SSSR count). The lowest BCUT2D eigenvalue weighted by atomic mass is 9.99. The number of hydrogen-bond acceptors (Lipinski definition) is 5. The Hall–Kier alpha value is -2.75. The van der Waals surface area contributed by atoms with E-state index in [2.05, 4.69) is 39.3 Å². The van der Waals surface area contributed by atoms with Crippen molar-refractivity contribution >= 4 is 27.5 Å². The van der Waals surface area contributed by atoms with Crippen LogP contribution in [0.1, 0.15) is 44.7 Å². The lowest BCUT2D eigenvalue weighted by molar-refractivity contribution is -0.122. The third kappa shape index (κ3) is 7.65. The molecule has 2 aromatic rings. The smallest absolute Gasteiger partial charge is 0.241 e. The van der Waals surface area contributed by atoms with E-state index >= 15 is 0 Å². The molecule has 1 aliphatic heterocycles. The molecule has 0 spiro atoms. The molecule has 3 N–H and O–H groups in total. The Bertz CT molecular complexity index is 1080. The van der Waals surface area contributed by atoms with Gasteiger partial charge in [-0.2, -0.15) is 4.72 Å². The number of anilines is 1. The van der Waals surface area contributed by atoms with Gasteiger partial charge in [0.1, 0.15) is 0 Å². The summed E-state index contributed by atoms with van der Waals surface area (Å²) in [6, 6.07) is 13.0. The molecule has 184 valence electrons. The fourth-order valence-corrected chi connectivity index (χ4v) is 5.06. The minimum atomic E-state index is -3.88. The average molecular weight is 487 g/mol. The Balaban J connectivity index is 1.48. The molecule has 8 nitrogen and oxygen atoms in total. The zero-order valence-corrected chi connectivity index (χ0v) is 20.8. The maximum Gasteiger partial charge on any atom is 0.241 e. The van der Waals surface area contributed by atoms with Crippen LogP contribution in [-0.2, 0) is 32.7 Å². The van der Waals surface area contributed by atoms with Crippen molar-refractivity contribution in [3.8, 4) is 0 Å². The molecule has 0 bridgehead atoms. The molecule has 0 aliphatic carbocycles. The first-order chi connectivity index (χ1) is 16.1. The van der Waals surface area contributed by atoms with Gasteiger partial charge in [0.15, 0.2) is 0 Å². The lowest BCUT2D eigenvalue weighted by Gasteiger charge is -2.30. The second-order valence-corrected chi connectivity index (χ2v) is 10.8. The van der Waals surface area contributed by atoms with E-state index in [9.17, 15) is 18.0 Å². The molecule has 1 atom stereocenters. The first-order valence-corrected chi connectivity index (χ1v) is 13.1. The quantitative estimate of drug-likeness (QED) is 0.505. The van der Waals surface area contributed by atoms with Crippen LogP contribution in [0.4, 0.5) is 5.69 Å². The van der Waals surface area contributed by atoms with Gasteiger partial charge in [-0.3, -0.25) is 14.5 Å². The fourth-order valence-electron chi connectivity index (χ4n) is 3.86. The van der Waals surface area contributed by atoms with E-state index in [4.69, 9.17) is 0 Å². The SMILES string of the molecule is CC(=O)Nc1ccc(S(=O)(=O)N[C@@H](C)C(=O)NCc2ccc(CN3CCC(C)CC3)cc2)cc1. The van der Waals surface area contributed by atoms with Crippen LogP contribution in [0.3, 0.4) is 0 Å². The molecule has 2 aromatic carbocycles. The summed E-state index contributed by atoms with van der Waals surface area (Å²) < 4.78 is 27.6. The van der Waals surface area contributed by atoms with Crippen LogP contribution in [0.2, 0.25) is 0 Å². The van der Waals surface area contributed by atoms with Crippen LogP contribution in [0, 0.1) is 5.92 Å². The van der Waals surface area contributed by atoms with Crippen LogP contribution in [0.25, 0.3) is 0 Å². The number of carbonyl (C=O) groups is 2. The fraction of sp³-hybridized carbons (Fsp3) is 0.440. The molecular formula is C25H34N4O4S. The zero-order chi connectivity index (χ0) is 24.7. The summed E-state index contributed by atoms with van der Waals surface area (Å²) in [6.45, 7) is 8.69. The Labute approximate surface area is 202 Å². The van der Waals surface area contributed by atoms with Crippen molar-refractivity contribution in [1.82, 2.24) is 14.9 Å². The van der Waals surface area contributed by atoms with Gasteiger partial charge < -0.3 is 10.6 Å². The van der Waals surface area contributed by atoms with E-state index in [0.717, 1.165) is 31.1 Å². The highest BCUT2D eigenvalue weighted by Gasteiger charge is 2.22. The number of nitrogens with one attached hydrogen (secondary N) is 3. The summed E-state index contributed by atoms with van der Waals surface area (Å²) in [5, 5.41) is 5.36. The molecule has 1 aliphatic rings. The molecule has 2 amide bonds. The second kappa shape index (κ2) is 11.6. The summed E-state index contributed by atoms with van der Waals surface area (Å²) in [5.74, 6) is 0.153. The number of benzene rings is 2. The molecule has 0 aromatic heterocycles. The van der Waals surface area contributed by atoms with Crippen molar-refractivity contribution in [2.75, 3.05) is 18.4 Å². The summed E-state index contributed by atoms with van der Waals surface area (Å²) in [6.07, 6.45) is 2.49. The van der Waals surface area contributed by atoms with E-state index in [1.807, 2.05) is 12.1 Å². The monoisotopic (exact) mass is 486 g/mol. The third-order valence-corrected chi connectivity index (χ3v) is 7.54. The minimum Gasteiger partial charge on any atom is -0.351 e. The van der Waals surface area contributed by atoms with Crippen molar-refractivity contribution in [2.24, 2.45) is 5.92 Å². The van der Waals surface area contributed by atoms with Crippen molar-refractivity contribution in [3.05, 3.63) is 59.7 Å². The van der Waals surface area contributed by atoms with Crippen LogP contribution >= 0.6 is 0 Å². The Kier molecular flexibility index (Phi) is 8.82. The zero-order valence-electron chi connectivity index (χ0n) is 20.0. The van der Waals surface area contributed by atoms with Crippen LogP contribution in [0.5, 0.6) is 0 Å². The van der Waals surface area contributed by atoms with E-state index < -0.39 is 22.0 Å². The van der Waals surface area contributed by atoms with Crippen molar-refractivity contribution in [3.63, 3.8) is 0 Å². The molecule has 0 saturated carbocycles. The number of sulfonamides is 1. The molecular weight excluding hydrogens is 452 g/mol. The Morgan fingerprint density at radius 2 is 1.59 bits per heavy atom. The second-order valence-electron chi connectivity index (χ2n) is 9.04. The highest BCUT2D eigenvalue weighted by molar-refractivity contribution is 7.89. The minimum absolute atomic E-state index is 0.0139. The van der Waals surface area contributed by atoms with E-state index in [1.54, 1.807) is 0 Å². The number of nitrogens with zero attached hydrogens (tertiary/aromatic N) is 1. The number of carbonyl (C=O) groups excluding carboxylic acids is 2. The van der Waals surface area contributed by atoms with E-state index in [1.165, 1.54) is 56.5 Å². The van der Waals surface area contributed by atoms with E-state index in [0.29, 0.717) is 12.2 Å². The predicted octanol–water partition coefficient (Wildman–Crippen LogP) is 2.86. The van der Waals surface area contributed by atoms with Gasteiger partial charge in [0.25, 0.3) is 0 Å². The van der Waals surface area contributed by atoms with Crippen molar-refractivity contribution in [1.29, 1.82) is 0 Å². The molecule has 34 heavy (non-hydrogen) atoms. The van der Waals surface area contributed by atoms with Gasteiger partial charge in [0, 0.05) is 25.7 Å². The number of amides is 2. The summed E-state index contributed by atoms with van der Waals surface area (Å²) in [4.78, 5) is 26.0. The van der Waals surface area contributed by atoms with Gasteiger partial charge in [-0.25, -0.2) is 8.42 Å². The summed E-state index contributed by atoms with van der Waals surface area (Å²) >= 11 is 0. The topological polar surface area (TPSA) is 108 Å². The molecule has 0 radical (unpaired) electrons. The van der Waals surface area contributed by atoms with Gasteiger partial charge in [0.2, 0.25) is 21.8 Å². The van der Waals surface area contributed by atoms with Crippen LogP contribution in [-0.4, -0.2) is 44.3 Å². The number of likely N-dealkylation sites (tertiary alicyclic amines) is 1.